The summed E-state index contributed by atoms with van der Waals surface area (Å²) < 4.78 is 55.7. The number of carbonyl (C=O) groups is 2. The van der Waals surface area contributed by atoms with Gasteiger partial charge in [0.2, 0.25) is 0 Å². The molecule has 0 radical (unpaired) electrons. The molecule has 0 aromatic heterocycles. The molecule has 0 unspecified atom stereocenters. The maximum Gasteiger partial charge on any atom is 0.418 e. The van der Waals surface area contributed by atoms with Crippen LogP contribution < -0.4 is 19.5 Å². The van der Waals surface area contributed by atoms with Gasteiger partial charge in [0.25, 0.3) is 5.91 Å². The maximum atomic E-state index is 13.2. The van der Waals surface area contributed by atoms with Gasteiger partial charge in [0.1, 0.15) is 17.4 Å². The van der Waals surface area contributed by atoms with Gasteiger partial charge >= 0.3 is 12.1 Å². The molecule has 3 rings (SSSR count). The number of hydrogen-bond acceptors (Lipinski definition) is 6. The van der Waals surface area contributed by atoms with Gasteiger partial charge in [-0.2, -0.15) is 18.4 Å². The second kappa shape index (κ2) is 11.8. The van der Waals surface area contributed by atoms with E-state index in [4.69, 9.17) is 14.2 Å². The van der Waals surface area contributed by atoms with Gasteiger partial charge in [0.05, 0.1) is 30.5 Å². The Morgan fingerprint density at radius 3 is 2.35 bits per heavy atom. The molecule has 0 saturated carbocycles. The first-order chi connectivity index (χ1) is 17.7. The lowest BCUT2D eigenvalue weighted by Crippen LogP contribution is -2.17. The first-order valence-corrected chi connectivity index (χ1v) is 10.9. The number of nitrogens with one attached hydrogen (secondary N) is 1. The number of halogens is 3. The van der Waals surface area contributed by atoms with E-state index in [-0.39, 0.29) is 23.7 Å². The van der Waals surface area contributed by atoms with E-state index in [9.17, 15) is 28.0 Å². The summed E-state index contributed by atoms with van der Waals surface area (Å²) in [5.41, 5.74) is -1.36. The summed E-state index contributed by atoms with van der Waals surface area (Å²) in [7, 11) is 1.50. The van der Waals surface area contributed by atoms with Crippen LogP contribution in [0.25, 0.3) is 6.08 Å². The number of benzene rings is 3. The summed E-state index contributed by atoms with van der Waals surface area (Å²) in [5, 5.41) is 11.6. The molecule has 1 amide bonds. The molecule has 190 valence electrons. The summed E-state index contributed by atoms with van der Waals surface area (Å²) in [6.07, 6.45) is -3.50. The van der Waals surface area contributed by atoms with Crippen molar-refractivity contribution in [3.63, 3.8) is 0 Å². The van der Waals surface area contributed by atoms with Gasteiger partial charge < -0.3 is 19.5 Å². The normalized spacial score (nSPS) is 11.3. The number of rotatable bonds is 8. The molecule has 0 aliphatic rings. The van der Waals surface area contributed by atoms with Crippen LogP contribution in [0.15, 0.2) is 72.3 Å². The van der Waals surface area contributed by atoms with Gasteiger partial charge in [-0.1, -0.05) is 18.2 Å². The molecule has 0 aliphatic carbocycles. The molecule has 0 saturated heterocycles. The minimum Gasteiger partial charge on any atom is -0.497 e. The summed E-state index contributed by atoms with van der Waals surface area (Å²) in [4.78, 5) is 25.1. The van der Waals surface area contributed by atoms with E-state index < -0.39 is 34.9 Å². The molecular formula is C27H21F3N2O5. The van der Waals surface area contributed by atoms with Crippen LogP contribution in [0.4, 0.5) is 18.9 Å². The zero-order chi connectivity index (χ0) is 27.0. The van der Waals surface area contributed by atoms with E-state index in [1.165, 1.54) is 55.7 Å². The van der Waals surface area contributed by atoms with Gasteiger partial charge in [-0.3, -0.25) is 4.79 Å². The summed E-state index contributed by atoms with van der Waals surface area (Å²) in [5.74, 6) is -0.832. The molecule has 0 fully saturated rings. The number of nitriles is 1. The summed E-state index contributed by atoms with van der Waals surface area (Å²) in [6, 6.07) is 16.7. The second-order valence-corrected chi connectivity index (χ2v) is 7.42. The first-order valence-electron chi connectivity index (χ1n) is 10.9. The molecule has 0 bridgehead atoms. The minimum absolute atomic E-state index is 0.0990. The van der Waals surface area contributed by atoms with Crippen LogP contribution in [0, 0.1) is 11.3 Å². The van der Waals surface area contributed by atoms with Crippen molar-refractivity contribution in [2.24, 2.45) is 0 Å². The Morgan fingerprint density at radius 1 is 1.03 bits per heavy atom. The highest BCUT2D eigenvalue weighted by Gasteiger charge is 2.33. The van der Waals surface area contributed by atoms with Crippen molar-refractivity contribution in [1.82, 2.24) is 0 Å². The Hall–Kier alpha value is -4.78. The molecular weight excluding hydrogens is 489 g/mol. The lowest BCUT2D eigenvalue weighted by molar-refractivity contribution is -0.137. The number of ether oxygens (including phenoxy) is 3. The van der Waals surface area contributed by atoms with E-state index in [2.05, 4.69) is 5.32 Å². The SMILES string of the molecule is CCOc1cc(/C=C(/C#N)C(=O)Nc2ccccc2C(F)(F)F)ccc1OC(=O)c1ccc(OC)cc1. The fourth-order valence-electron chi connectivity index (χ4n) is 3.20. The zero-order valence-corrected chi connectivity index (χ0v) is 19.8. The van der Waals surface area contributed by atoms with E-state index in [1.54, 1.807) is 25.1 Å². The quantitative estimate of drug-likeness (QED) is 0.176. The van der Waals surface area contributed by atoms with Gasteiger partial charge in [-0.05, 0) is 67.1 Å². The Balaban J connectivity index is 1.84. The summed E-state index contributed by atoms with van der Waals surface area (Å²) in [6.45, 7) is 1.93. The van der Waals surface area contributed by atoms with Gasteiger partial charge in [0.15, 0.2) is 11.5 Å². The van der Waals surface area contributed by atoms with Crippen LogP contribution in [0.3, 0.4) is 0 Å². The molecule has 0 atom stereocenters. The van der Waals surface area contributed by atoms with Crippen molar-refractivity contribution in [2.75, 3.05) is 19.0 Å². The van der Waals surface area contributed by atoms with Gasteiger partial charge in [-0.25, -0.2) is 4.79 Å². The maximum absolute atomic E-state index is 13.2. The number of para-hydroxylation sites is 1. The van der Waals surface area contributed by atoms with Crippen molar-refractivity contribution in [3.8, 4) is 23.3 Å². The minimum atomic E-state index is -4.69. The number of carbonyl (C=O) groups excluding carboxylic acids is 2. The highest BCUT2D eigenvalue weighted by molar-refractivity contribution is 6.10. The fraction of sp³-hybridized carbons (Fsp3) is 0.148. The van der Waals surface area contributed by atoms with Crippen molar-refractivity contribution in [1.29, 1.82) is 5.26 Å². The van der Waals surface area contributed by atoms with Crippen molar-refractivity contribution in [2.45, 2.75) is 13.1 Å². The first kappa shape index (κ1) is 26.8. The number of methoxy groups -OCH3 is 1. The van der Waals surface area contributed by atoms with Crippen LogP contribution in [0.1, 0.15) is 28.4 Å². The third-order valence-electron chi connectivity index (χ3n) is 4.95. The van der Waals surface area contributed by atoms with Crippen LogP contribution in [-0.4, -0.2) is 25.6 Å². The van der Waals surface area contributed by atoms with Crippen molar-refractivity contribution >= 4 is 23.6 Å². The molecule has 0 heterocycles. The lowest BCUT2D eigenvalue weighted by atomic mass is 10.1. The number of amides is 1. The number of esters is 1. The van der Waals surface area contributed by atoms with Crippen molar-refractivity contribution in [3.05, 3.63) is 89.0 Å². The molecule has 3 aromatic rings. The predicted molar refractivity (Wildman–Crippen MR) is 129 cm³/mol. The molecule has 37 heavy (non-hydrogen) atoms. The fourth-order valence-corrected chi connectivity index (χ4v) is 3.20. The molecule has 7 nitrogen and oxygen atoms in total. The molecule has 1 N–H and O–H groups in total. The van der Waals surface area contributed by atoms with Gasteiger partial charge in [0, 0.05) is 0 Å². The van der Waals surface area contributed by atoms with Crippen LogP contribution in [0.2, 0.25) is 0 Å². The number of anilines is 1. The number of nitrogens with zero attached hydrogens (tertiary/aromatic N) is 1. The molecule has 3 aromatic carbocycles. The average molecular weight is 510 g/mol. The summed E-state index contributed by atoms with van der Waals surface area (Å²) >= 11 is 0. The Labute approximate surface area is 210 Å². The molecule has 10 heteroatoms. The van der Waals surface area contributed by atoms with E-state index in [1.807, 2.05) is 0 Å². The van der Waals surface area contributed by atoms with Crippen LogP contribution >= 0.6 is 0 Å². The number of alkyl halides is 3. The van der Waals surface area contributed by atoms with Crippen LogP contribution in [-0.2, 0) is 11.0 Å². The van der Waals surface area contributed by atoms with Crippen molar-refractivity contribution < 1.29 is 37.0 Å². The van der Waals surface area contributed by atoms with E-state index in [0.717, 1.165) is 12.1 Å². The highest BCUT2D eigenvalue weighted by atomic mass is 19.4. The van der Waals surface area contributed by atoms with E-state index in [0.29, 0.717) is 11.3 Å². The molecule has 0 spiro atoms. The van der Waals surface area contributed by atoms with Crippen LogP contribution in [0.5, 0.6) is 17.2 Å². The zero-order valence-electron chi connectivity index (χ0n) is 19.8. The third-order valence-corrected chi connectivity index (χ3v) is 4.95. The standard InChI is InChI=1S/C27H21F3N2O5/c1-3-36-24-15-17(8-13-23(24)37-26(34)18-9-11-20(35-2)12-10-18)14-19(16-31)25(33)32-22-7-5-4-6-21(22)27(28,29)30/h4-15H,3H2,1-2H3,(H,32,33)/b19-14-. The Morgan fingerprint density at radius 2 is 1.73 bits per heavy atom. The average Bonchev–Trinajstić information content (AvgIpc) is 2.88. The number of hydrogen-bond donors (Lipinski definition) is 1. The Bertz CT molecular complexity index is 1360. The lowest BCUT2D eigenvalue weighted by Gasteiger charge is -2.13. The van der Waals surface area contributed by atoms with E-state index >= 15 is 0 Å². The largest absolute Gasteiger partial charge is 0.497 e. The smallest absolute Gasteiger partial charge is 0.418 e. The second-order valence-electron chi connectivity index (χ2n) is 7.42. The third kappa shape index (κ3) is 6.89. The molecule has 0 aliphatic heterocycles. The Kier molecular flexibility index (Phi) is 8.53. The van der Waals surface area contributed by atoms with Gasteiger partial charge in [-0.15, -0.1) is 0 Å². The highest BCUT2D eigenvalue weighted by Crippen LogP contribution is 2.35. The topological polar surface area (TPSA) is 97.6 Å². The monoisotopic (exact) mass is 510 g/mol. The predicted octanol–water partition coefficient (Wildman–Crippen LogP) is 5.88.